The Hall–Kier alpha value is -1.99. The van der Waals surface area contributed by atoms with Crippen molar-refractivity contribution in [2.24, 2.45) is 0 Å². The van der Waals surface area contributed by atoms with E-state index in [1.165, 1.54) is 16.7 Å². The Morgan fingerprint density at radius 1 is 1.19 bits per heavy atom. The number of aryl methyl sites for hydroxylation is 2. The second kappa shape index (κ2) is 5.19. The van der Waals surface area contributed by atoms with E-state index in [1.807, 2.05) is 19.9 Å². The van der Waals surface area contributed by atoms with Gasteiger partial charge < -0.3 is 0 Å². The lowest BCUT2D eigenvalue weighted by Gasteiger charge is -2.08. The fourth-order valence-electron chi connectivity index (χ4n) is 1.56. The summed E-state index contributed by atoms with van der Waals surface area (Å²) in [7, 11) is 0. The number of allylic oxidation sites excluding steroid dienone is 2. The van der Waals surface area contributed by atoms with Crippen molar-refractivity contribution in [2.45, 2.75) is 27.7 Å². The molecule has 0 radical (unpaired) electrons. The van der Waals surface area contributed by atoms with E-state index in [2.05, 4.69) is 43.9 Å². The molecule has 0 atom stereocenters. The van der Waals surface area contributed by atoms with Crippen molar-refractivity contribution in [3.05, 3.63) is 40.5 Å². The van der Waals surface area contributed by atoms with Gasteiger partial charge in [-0.1, -0.05) is 29.7 Å². The molecule has 16 heavy (non-hydrogen) atoms. The highest BCUT2D eigenvalue weighted by Crippen LogP contribution is 2.22. The molecule has 0 fully saturated rings. The van der Waals surface area contributed by atoms with Gasteiger partial charge in [0.05, 0.1) is 0 Å². The molecule has 1 rings (SSSR count). The zero-order valence-electron chi connectivity index (χ0n) is 10.2. The first kappa shape index (κ1) is 12.1. The van der Waals surface area contributed by atoms with Gasteiger partial charge in [-0.25, -0.2) is 0 Å². The molecule has 80 valence electrons. The minimum atomic E-state index is 0.954. The number of benzene rings is 1. The Morgan fingerprint density at radius 2 is 1.88 bits per heavy atom. The topological polar surface area (TPSA) is 23.8 Å². The molecule has 0 bridgehead atoms. The molecule has 0 unspecified atom stereocenters. The van der Waals surface area contributed by atoms with Gasteiger partial charge >= 0.3 is 0 Å². The number of nitrogens with zero attached hydrogens (tertiary/aromatic N) is 1. The van der Waals surface area contributed by atoms with Crippen molar-refractivity contribution in [3.8, 4) is 17.9 Å². The van der Waals surface area contributed by atoms with E-state index in [0.29, 0.717) is 0 Å². The van der Waals surface area contributed by atoms with E-state index in [9.17, 15) is 0 Å². The molecule has 0 amide bonds. The number of rotatable bonds is 1. The van der Waals surface area contributed by atoms with Crippen LogP contribution in [0, 0.1) is 37.0 Å². The van der Waals surface area contributed by atoms with Crippen molar-refractivity contribution in [3.63, 3.8) is 0 Å². The van der Waals surface area contributed by atoms with Crippen LogP contribution < -0.4 is 0 Å². The Balaban J connectivity index is 3.29. The van der Waals surface area contributed by atoms with Gasteiger partial charge in [0, 0.05) is 11.5 Å². The molecule has 0 saturated carbocycles. The van der Waals surface area contributed by atoms with Crippen LogP contribution in [0.2, 0.25) is 0 Å². The molecular weight excluding hydrogens is 194 g/mol. The summed E-state index contributed by atoms with van der Waals surface area (Å²) in [6, 6.07) is 8.20. The van der Waals surface area contributed by atoms with Crippen LogP contribution in [-0.4, -0.2) is 0 Å². The maximum absolute atomic E-state index is 8.42. The monoisotopic (exact) mass is 209 g/mol. The fourth-order valence-corrected chi connectivity index (χ4v) is 1.56. The second-order valence-electron chi connectivity index (χ2n) is 3.93. The Morgan fingerprint density at radius 3 is 2.50 bits per heavy atom. The normalized spacial score (nSPS) is 10.9. The predicted molar refractivity (Wildman–Crippen MR) is 67.6 cm³/mol. The largest absolute Gasteiger partial charge is 0.183 e. The summed E-state index contributed by atoms with van der Waals surface area (Å²) in [4.78, 5) is 0. The minimum absolute atomic E-state index is 0.954. The molecule has 0 aromatic heterocycles. The molecule has 0 saturated heterocycles. The average Bonchev–Trinajstić information content (AvgIpc) is 2.28. The maximum atomic E-state index is 8.42. The first-order valence-corrected chi connectivity index (χ1v) is 5.21. The van der Waals surface area contributed by atoms with Gasteiger partial charge in [0.15, 0.2) is 6.07 Å². The highest BCUT2D eigenvalue weighted by molar-refractivity contribution is 5.72. The Kier molecular flexibility index (Phi) is 3.92. The number of hydrogen-bond donors (Lipinski definition) is 0. The lowest BCUT2D eigenvalue weighted by atomic mass is 9.96. The summed E-state index contributed by atoms with van der Waals surface area (Å²) in [6.45, 7) is 8.15. The second-order valence-corrected chi connectivity index (χ2v) is 3.93. The van der Waals surface area contributed by atoms with Crippen LogP contribution in [0.25, 0.3) is 5.57 Å². The molecule has 0 spiro atoms. The van der Waals surface area contributed by atoms with Gasteiger partial charge in [-0.15, -0.1) is 0 Å². The average molecular weight is 209 g/mol. The van der Waals surface area contributed by atoms with Crippen LogP contribution >= 0.6 is 0 Å². The third-order valence-electron chi connectivity index (χ3n) is 2.67. The molecule has 1 aromatic rings. The molecular formula is C15H15N. The van der Waals surface area contributed by atoms with Crippen LogP contribution in [0.5, 0.6) is 0 Å². The molecule has 1 aromatic carbocycles. The summed E-state index contributed by atoms with van der Waals surface area (Å²) in [6.07, 6.45) is 0. The lowest BCUT2D eigenvalue weighted by molar-refractivity contribution is 1.34. The molecule has 0 aliphatic carbocycles. The SMILES string of the molecule is C/C(C#CC#N)=C(/C)c1cc(C)ccc1C. The molecule has 0 aliphatic heterocycles. The van der Waals surface area contributed by atoms with Crippen LogP contribution in [0.4, 0.5) is 0 Å². The van der Waals surface area contributed by atoms with E-state index in [0.717, 1.165) is 11.1 Å². The van der Waals surface area contributed by atoms with Gasteiger partial charge in [0.25, 0.3) is 0 Å². The standard InChI is InChI=1S/C15H15N/c1-11-7-8-13(3)15(10-11)14(4)12(2)6-5-9-16/h7-8,10H,1-4H3/b14-12+. The summed E-state index contributed by atoms with van der Waals surface area (Å²) >= 11 is 0. The molecule has 1 nitrogen and oxygen atoms in total. The van der Waals surface area contributed by atoms with Crippen molar-refractivity contribution in [1.82, 2.24) is 0 Å². The van der Waals surface area contributed by atoms with Gasteiger partial charge in [-0.2, -0.15) is 5.26 Å². The van der Waals surface area contributed by atoms with E-state index in [4.69, 9.17) is 5.26 Å². The van der Waals surface area contributed by atoms with Gasteiger partial charge in [-0.3, -0.25) is 0 Å². The summed E-state index contributed by atoms with van der Waals surface area (Å²) in [5.74, 6) is 5.28. The van der Waals surface area contributed by atoms with E-state index in [-0.39, 0.29) is 0 Å². The summed E-state index contributed by atoms with van der Waals surface area (Å²) < 4.78 is 0. The third kappa shape index (κ3) is 2.75. The summed E-state index contributed by atoms with van der Waals surface area (Å²) in [5, 5.41) is 8.42. The highest BCUT2D eigenvalue weighted by atomic mass is 14.2. The first-order valence-electron chi connectivity index (χ1n) is 5.21. The van der Waals surface area contributed by atoms with Gasteiger partial charge in [0.1, 0.15) is 0 Å². The van der Waals surface area contributed by atoms with Gasteiger partial charge in [0.2, 0.25) is 0 Å². The Labute approximate surface area is 97.4 Å². The minimum Gasteiger partial charge on any atom is -0.183 e. The van der Waals surface area contributed by atoms with Crippen LogP contribution in [0.1, 0.15) is 30.5 Å². The van der Waals surface area contributed by atoms with Crippen LogP contribution in [0.15, 0.2) is 23.8 Å². The van der Waals surface area contributed by atoms with Crippen molar-refractivity contribution >= 4 is 5.57 Å². The molecule has 1 heteroatoms. The predicted octanol–water partition coefficient (Wildman–Crippen LogP) is 3.62. The first-order chi connectivity index (χ1) is 7.56. The third-order valence-corrected chi connectivity index (χ3v) is 2.67. The highest BCUT2D eigenvalue weighted by Gasteiger charge is 2.03. The number of hydrogen-bond acceptors (Lipinski definition) is 1. The van der Waals surface area contributed by atoms with Crippen molar-refractivity contribution in [1.29, 1.82) is 5.26 Å². The quantitative estimate of drug-likeness (QED) is 0.648. The lowest BCUT2D eigenvalue weighted by Crippen LogP contribution is -1.89. The zero-order chi connectivity index (χ0) is 12.1. The smallest absolute Gasteiger partial charge is 0.152 e. The Bertz CT molecular complexity index is 531. The fraction of sp³-hybridized carbons (Fsp3) is 0.267. The van der Waals surface area contributed by atoms with E-state index < -0.39 is 0 Å². The molecule has 0 N–H and O–H groups in total. The number of nitriles is 1. The molecule has 0 heterocycles. The van der Waals surface area contributed by atoms with Crippen LogP contribution in [-0.2, 0) is 0 Å². The summed E-state index contributed by atoms with van der Waals surface area (Å²) in [5.41, 5.74) is 5.78. The maximum Gasteiger partial charge on any atom is 0.152 e. The van der Waals surface area contributed by atoms with Crippen molar-refractivity contribution < 1.29 is 0 Å². The van der Waals surface area contributed by atoms with E-state index in [1.54, 1.807) is 0 Å². The van der Waals surface area contributed by atoms with E-state index >= 15 is 0 Å². The van der Waals surface area contributed by atoms with Gasteiger partial charge in [-0.05, 0) is 44.4 Å². The molecule has 0 aliphatic rings. The van der Waals surface area contributed by atoms with Crippen LogP contribution in [0.3, 0.4) is 0 Å². The van der Waals surface area contributed by atoms with Crippen molar-refractivity contribution in [2.75, 3.05) is 0 Å². The zero-order valence-corrected chi connectivity index (χ0v) is 10.2.